The second kappa shape index (κ2) is 7.59. The van der Waals surface area contributed by atoms with Gasteiger partial charge in [0.2, 0.25) is 5.91 Å². The molecule has 1 N–H and O–H groups in total. The van der Waals surface area contributed by atoms with Crippen molar-refractivity contribution >= 4 is 11.7 Å². The van der Waals surface area contributed by atoms with Gasteiger partial charge < -0.3 is 15.0 Å². The molecule has 0 bridgehead atoms. The first-order chi connectivity index (χ1) is 11.9. The molecule has 0 radical (unpaired) electrons. The maximum absolute atomic E-state index is 12.6. The van der Waals surface area contributed by atoms with Crippen LogP contribution in [0.5, 0.6) is 0 Å². The van der Waals surface area contributed by atoms with E-state index in [2.05, 4.69) is 10.3 Å². The van der Waals surface area contributed by atoms with Gasteiger partial charge in [0.1, 0.15) is 5.82 Å². The van der Waals surface area contributed by atoms with Crippen molar-refractivity contribution in [1.29, 1.82) is 0 Å². The van der Waals surface area contributed by atoms with Gasteiger partial charge in [0.25, 0.3) is 0 Å². The van der Waals surface area contributed by atoms with Crippen molar-refractivity contribution in [2.75, 3.05) is 31.1 Å². The highest BCUT2D eigenvalue weighted by atomic mass is 19.4. The molecule has 0 aromatic carbocycles. The summed E-state index contributed by atoms with van der Waals surface area (Å²) in [5.41, 5.74) is -0.750. The van der Waals surface area contributed by atoms with Crippen LogP contribution in [-0.4, -0.2) is 43.2 Å². The predicted octanol–water partition coefficient (Wildman–Crippen LogP) is 2.61. The maximum atomic E-state index is 12.6. The van der Waals surface area contributed by atoms with E-state index >= 15 is 0 Å². The smallest absolute Gasteiger partial charge is 0.376 e. The highest BCUT2D eigenvalue weighted by Crippen LogP contribution is 2.30. The minimum absolute atomic E-state index is 0.0375. The number of alkyl halides is 3. The molecular formula is C17H22F3N3O2. The molecule has 138 valence electrons. The van der Waals surface area contributed by atoms with Crippen molar-refractivity contribution in [2.24, 2.45) is 5.92 Å². The van der Waals surface area contributed by atoms with E-state index < -0.39 is 11.7 Å². The van der Waals surface area contributed by atoms with E-state index in [1.54, 1.807) is 0 Å². The Balaban J connectivity index is 1.47. The molecular weight excluding hydrogens is 335 g/mol. The van der Waals surface area contributed by atoms with E-state index in [1.807, 2.05) is 4.90 Å². The SMILES string of the molecule is O=C(NC[C@H]1CCCO1)C1CCN(c2ccc(C(F)(F)F)cn2)CC1. The fraction of sp³-hybridized carbons (Fsp3) is 0.647. The summed E-state index contributed by atoms with van der Waals surface area (Å²) in [6.45, 7) is 2.53. The molecule has 1 amide bonds. The van der Waals surface area contributed by atoms with Gasteiger partial charge >= 0.3 is 6.18 Å². The molecule has 5 nitrogen and oxygen atoms in total. The summed E-state index contributed by atoms with van der Waals surface area (Å²) in [7, 11) is 0. The molecule has 2 saturated heterocycles. The van der Waals surface area contributed by atoms with Crippen LogP contribution in [0.25, 0.3) is 0 Å². The third-order valence-electron chi connectivity index (χ3n) is 4.79. The van der Waals surface area contributed by atoms with Gasteiger partial charge in [-0.05, 0) is 37.8 Å². The van der Waals surface area contributed by atoms with E-state index in [0.29, 0.717) is 38.3 Å². The highest BCUT2D eigenvalue weighted by Gasteiger charge is 2.31. The molecule has 2 fully saturated rings. The van der Waals surface area contributed by atoms with Crippen LogP contribution < -0.4 is 10.2 Å². The average Bonchev–Trinajstić information content (AvgIpc) is 3.13. The Kier molecular flexibility index (Phi) is 5.46. The van der Waals surface area contributed by atoms with Crippen LogP contribution in [0, 0.1) is 5.92 Å². The number of nitrogens with zero attached hydrogens (tertiary/aromatic N) is 2. The molecule has 1 atom stereocenters. The summed E-state index contributed by atoms with van der Waals surface area (Å²) >= 11 is 0. The van der Waals surface area contributed by atoms with Crippen LogP contribution in [-0.2, 0) is 15.7 Å². The Morgan fingerprint density at radius 2 is 2.04 bits per heavy atom. The molecule has 25 heavy (non-hydrogen) atoms. The second-order valence-corrected chi connectivity index (χ2v) is 6.54. The van der Waals surface area contributed by atoms with Gasteiger partial charge in [0.15, 0.2) is 0 Å². The van der Waals surface area contributed by atoms with Crippen LogP contribution in [0.2, 0.25) is 0 Å². The van der Waals surface area contributed by atoms with Crippen molar-refractivity contribution in [3.05, 3.63) is 23.9 Å². The first-order valence-electron chi connectivity index (χ1n) is 8.61. The third-order valence-corrected chi connectivity index (χ3v) is 4.79. The molecule has 8 heteroatoms. The summed E-state index contributed by atoms with van der Waals surface area (Å²) in [6.07, 6.45) is -0.0345. The van der Waals surface area contributed by atoms with Gasteiger partial charge in [-0.1, -0.05) is 0 Å². The lowest BCUT2D eigenvalue weighted by Crippen LogP contribution is -2.42. The van der Waals surface area contributed by atoms with E-state index in [0.717, 1.165) is 31.7 Å². The Bertz CT molecular complexity index is 578. The molecule has 3 rings (SSSR count). The van der Waals surface area contributed by atoms with Crippen LogP contribution in [0.3, 0.4) is 0 Å². The fourth-order valence-electron chi connectivity index (χ4n) is 3.28. The quantitative estimate of drug-likeness (QED) is 0.900. The number of aromatic nitrogens is 1. The molecule has 2 aliphatic rings. The Morgan fingerprint density at radius 3 is 2.60 bits per heavy atom. The predicted molar refractivity (Wildman–Crippen MR) is 86.2 cm³/mol. The maximum Gasteiger partial charge on any atom is 0.417 e. The van der Waals surface area contributed by atoms with E-state index in [9.17, 15) is 18.0 Å². The Hall–Kier alpha value is -1.83. The van der Waals surface area contributed by atoms with E-state index in [4.69, 9.17) is 4.74 Å². The Labute approximate surface area is 144 Å². The first kappa shape index (κ1) is 18.0. The zero-order valence-electron chi connectivity index (χ0n) is 13.9. The van der Waals surface area contributed by atoms with Crippen molar-refractivity contribution in [3.63, 3.8) is 0 Å². The molecule has 0 aliphatic carbocycles. The lowest BCUT2D eigenvalue weighted by atomic mass is 9.96. The summed E-state index contributed by atoms with van der Waals surface area (Å²) < 4.78 is 43.2. The van der Waals surface area contributed by atoms with Crippen LogP contribution in [0.1, 0.15) is 31.2 Å². The molecule has 0 saturated carbocycles. The molecule has 3 heterocycles. The van der Waals surface area contributed by atoms with Gasteiger partial charge in [-0.3, -0.25) is 4.79 Å². The van der Waals surface area contributed by atoms with Crippen LogP contribution in [0.4, 0.5) is 19.0 Å². The summed E-state index contributed by atoms with van der Waals surface area (Å²) in [5.74, 6) is 0.494. The summed E-state index contributed by atoms with van der Waals surface area (Å²) in [4.78, 5) is 18.1. The van der Waals surface area contributed by atoms with Gasteiger partial charge in [0.05, 0.1) is 11.7 Å². The van der Waals surface area contributed by atoms with Crippen LogP contribution in [0.15, 0.2) is 18.3 Å². The standard InChI is InChI=1S/C17H22F3N3O2/c18-17(19,20)13-3-4-15(21-10-13)23-7-5-12(6-8-23)16(24)22-11-14-2-1-9-25-14/h3-4,10,12,14H,1-2,5-9,11H2,(H,22,24)/t14-/m1/s1. The Morgan fingerprint density at radius 1 is 1.28 bits per heavy atom. The van der Waals surface area contributed by atoms with Crippen molar-refractivity contribution in [2.45, 2.75) is 38.0 Å². The van der Waals surface area contributed by atoms with Gasteiger partial charge in [-0.15, -0.1) is 0 Å². The number of halogens is 3. The number of carbonyl (C=O) groups is 1. The number of hydrogen-bond acceptors (Lipinski definition) is 4. The third kappa shape index (κ3) is 4.62. The number of anilines is 1. The minimum atomic E-state index is -4.38. The molecule has 0 unspecified atom stereocenters. The first-order valence-corrected chi connectivity index (χ1v) is 8.61. The number of carbonyl (C=O) groups excluding carboxylic acids is 1. The van der Waals surface area contributed by atoms with Crippen LogP contribution >= 0.6 is 0 Å². The lowest BCUT2D eigenvalue weighted by molar-refractivity contribution is -0.137. The molecule has 1 aromatic rings. The highest BCUT2D eigenvalue weighted by molar-refractivity contribution is 5.79. The topological polar surface area (TPSA) is 54.5 Å². The number of nitrogens with one attached hydrogen (secondary N) is 1. The van der Waals surface area contributed by atoms with E-state index in [1.165, 1.54) is 6.07 Å². The van der Waals surface area contributed by atoms with Crippen molar-refractivity contribution in [1.82, 2.24) is 10.3 Å². The molecule has 1 aromatic heterocycles. The zero-order valence-corrected chi connectivity index (χ0v) is 13.9. The average molecular weight is 357 g/mol. The normalized spacial score (nSPS) is 22.2. The van der Waals surface area contributed by atoms with Gasteiger partial charge in [-0.25, -0.2) is 4.98 Å². The molecule has 0 spiro atoms. The van der Waals surface area contributed by atoms with Gasteiger partial charge in [-0.2, -0.15) is 13.2 Å². The zero-order chi connectivity index (χ0) is 17.9. The van der Waals surface area contributed by atoms with Crippen molar-refractivity contribution < 1.29 is 22.7 Å². The van der Waals surface area contributed by atoms with Crippen molar-refractivity contribution in [3.8, 4) is 0 Å². The monoisotopic (exact) mass is 357 g/mol. The molecule has 2 aliphatic heterocycles. The van der Waals surface area contributed by atoms with Gasteiger partial charge in [0, 0.05) is 38.4 Å². The summed E-state index contributed by atoms with van der Waals surface area (Å²) in [6, 6.07) is 2.43. The lowest BCUT2D eigenvalue weighted by Gasteiger charge is -2.32. The van der Waals surface area contributed by atoms with E-state index in [-0.39, 0.29) is 17.9 Å². The largest absolute Gasteiger partial charge is 0.417 e. The number of piperidine rings is 1. The number of rotatable bonds is 4. The number of amides is 1. The minimum Gasteiger partial charge on any atom is -0.376 e. The summed E-state index contributed by atoms with van der Waals surface area (Å²) in [5, 5.41) is 2.95. The number of hydrogen-bond donors (Lipinski definition) is 1. The number of pyridine rings is 1. The fourth-order valence-corrected chi connectivity index (χ4v) is 3.28. The second-order valence-electron chi connectivity index (χ2n) is 6.54. The number of ether oxygens (including phenoxy) is 1.